The second-order valence-corrected chi connectivity index (χ2v) is 5.58. The summed E-state index contributed by atoms with van der Waals surface area (Å²) in [4.78, 5) is 13.7. The fraction of sp³-hybridized carbons (Fsp3) is 0.133. The van der Waals surface area contributed by atoms with E-state index in [9.17, 15) is 4.79 Å². The Balaban J connectivity index is 1.95. The lowest BCUT2D eigenvalue weighted by atomic mass is 9.88. The van der Waals surface area contributed by atoms with Crippen LogP contribution in [0.1, 0.15) is 11.6 Å². The maximum atomic E-state index is 12.0. The molecule has 1 saturated heterocycles. The second-order valence-electron chi connectivity index (χ2n) is 4.71. The third-order valence-electron chi connectivity index (χ3n) is 3.46. The first-order valence-corrected chi connectivity index (χ1v) is 6.93. The number of benzene rings is 2. The van der Waals surface area contributed by atoms with Crippen molar-refractivity contribution >= 4 is 34.8 Å². The number of halogens is 2. The molecule has 1 aliphatic heterocycles. The van der Waals surface area contributed by atoms with Crippen molar-refractivity contribution in [3.05, 3.63) is 64.1 Å². The minimum Gasteiger partial charge on any atom is -0.318 e. The molecule has 1 heterocycles. The molecule has 102 valence electrons. The normalized spacial score (nSPS) is 21.8. The Morgan fingerprint density at radius 3 is 1.95 bits per heavy atom. The van der Waals surface area contributed by atoms with Crippen LogP contribution in [0.3, 0.4) is 0 Å². The smallest absolute Gasteiger partial charge is 0.247 e. The topological polar surface area (TPSA) is 46.3 Å². The molecule has 3 nitrogen and oxygen atoms in total. The molecule has 20 heavy (non-hydrogen) atoms. The van der Waals surface area contributed by atoms with Gasteiger partial charge < -0.3 is 10.6 Å². The lowest BCUT2D eigenvalue weighted by molar-refractivity contribution is -0.126. The highest BCUT2D eigenvalue weighted by Gasteiger charge is 2.46. The van der Waals surface area contributed by atoms with Gasteiger partial charge in [0.1, 0.15) is 6.04 Å². The van der Waals surface area contributed by atoms with Crippen LogP contribution in [0.25, 0.3) is 0 Å². The Kier molecular flexibility index (Phi) is 3.42. The van der Waals surface area contributed by atoms with Gasteiger partial charge in [-0.05, 0) is 42.0 Å². The van der Waals surface area contributed by atoms with Crippen LogP contribution in [0, 0.1) is 0 Å². The number of rotatable bonds is 2. The molecule has 0 aromatic heterocycles. The van der Waals surface area contributed by atoms with Gasteiger partial charge in [0.15, 0.2) is 0 Å². The highest BCUT2D eigenvalue weighted by atomic mass is 35.5. The molecule has 2 aromatic rings. The molecule has 0 spiro atoms. The van der Waals surface area contributed by atoms with Crippen LogP contribution in [0.4, 0.5) is 5.69 Å². The van der Waals surface area contributed by atoms with Crippen molar-refractivity contribution in [1.82, 2.24) is 0 Å². The average Bonchev–Trinajstić information content (AvgIpc) is 2.46. The number of nitrogens with two attached hydrogens (primary N) is 1. The lowest BCUT2D eigenvalue weighted by Gasteiger charge is -2.45. The molecule has 3 rings (SSSR count). The average molecular weight is 307 g/mol. The predicted molar refractivity (Wildman–Crippen MR) is 81.1 cm³/mol. The Hall–Kier alpha value is -1.55. The van der Waals surface area contributed by atoms with Gasteiger partial charge in [-0.25, -0.2) is 0 Å². The standard InChI is InChI=1S/C15H12Cl2N2O/c16-10-3-1-9(2-4-10)14-13(18)15(20)19(14)12-7-5-11(17)6-8-12/h1-8,13-14H,18H2/t13-,14-/m1/s1. The van der Waals surface area contributed by atoms with Crippen molar-refractivity contribution < 1.29 is 4.79 Å². The Morgan fingerprint density at radius 1 is 0.900 bits per heavy atom. The first kappa shape index (κ1) is 13.4. The summed E-state index contributed by atoms with van der Waals surface area (Å²) in [5, 5.41) is 1.29. The highest BCUT2D eigenvalue weighted by molar-refractivity contribution is 6.31. The summed E-state index contributed by atoms with van der Waals surface area (Å²) in [5.41, 5.74) is 7.71. The molecule has 0 saturated carbocycles. The zero-order valence-electron chi connectivity index (χ0n) is 10.5. The number of carbonyl (C=O) groups excluding carboxylic acids is 1. The van der Waals surface area contributed by atoms with Crippen molar-refractivity contribution in [2.45, 2.75) is 12.1 Å². The summed E-state index contributed by atoms with van der Waals surface area (Å²) < 4.78 is 0. The van der Waals surface area contributed by atoms with E-state index in [2.05, 4.69) is 0 Å². The fourth-order valence-corrected chi connectivity index (χ4v) is 2.67. The second kappa shape index (κ2) is 5.09. The molecule has 1 aliphatic rings. The van der Waals surface area contributed by atoms with E-state index >= 15 is 0 Å². The van der Waals surface area contributed by atoms with Crippen molar-refractivity contribution in [2.24, 2.45) is 5.73 Å². The van der Waals surface area contributed by atoms with E-state index in [4.69, 9.17) is 28.9 Å². The summed E-state index contributed by atoms with van der Waals surface area (Å²) in [6.45, 7) is 0. The summed E-state index contributed by atoms with van der Waals surface area (Å²) in [5.74, 6) is -0.0905. The van der Waals surface area contributed by atoms with E-state index in [-0.39, 0.29) is 11.9 Å². The lowest BCUT2D eigenvalue weighted by Crippen LogP contribution is -2.63. The number of anilines is 1. The largest absolute Gasteiger partial charge is 0.318 e. The molecule has 1 fully saturated rings. The molecule has 2 aromatic carbocycles. The van der Waals surface area contributed by atoms with Gasteiger partial charge in [0, 0.05) is 15.7 Å². The van der Waals surface area contributed by atoms with Gasteiger partial charge in [0.2, 0.25) is 5.91 Å². The van der Waals surface area contributed by atoms with Crippen molar-refractivity contribution in [3.8, 4) is 0 Å². The zero-order valence-corrected chi connectivity index (χ0v) is 12.0. The zero-order chi connectivity index (χ0) is 14.3. The predicted octanol–water partition coefficient (Wildman–Crippen LogP) is 3.41. The molecular weight excluding hydrogens is 295 g/mol. The summed E-state index contributed by atoms with van der Waals surface area (Å²) in [6, 6.07) is 13.8. The number of hydrogen-bond donors (Lipinski definition) is 1. The molecule has 1 amide bonds. The van der Waals surface area contributed by atoms with E-state index in [1.165, 1.54) is 0 Å². The van der Waals surface area contributed by atoms with E-state index in [1.807, 2.05) is 24.3 Å². The quantitative estimate of drug-likeness (QED) is 0.864. The van der Waals surface area contributed by atoms with E-state index in [0.717, 1.165) is 11.3 Å². The molecule has 5 heteroatoms. The molecular formula is C15H12Cl2N2O. The van der Waals surface area contributed by atoms with Crippen LogP contribution >= 0.6 is 23.2 Å². The minimum absolute atomic E-state index is 0.0905. The number of amides is 1. The maximum Gasteiger partial charge on any atom is 0.247 e. The summed E-state index contributed by atoms with van der Waals surface area (Å²) in [7, 11) is 0. The van der Waals surface area contributed by atoms with Crippen LogP contribution in [-0.4, -0.2) is 11.9 Å². The van der Waals surface area contributed by atoms with Crippen LogP contribution in [0.15, 0.2) is 48.5 Å². The Bertz CT molecular complexity index is 640. The summed E-state index contributed by atoms with van der Waals surface area (Å²) >= 11 is 11.8. The van der Waals surface area contributed by atoms with Crippen molar-refractivity contribution in [1.29, 1.82) is 0 Å². The molecule has 0 aliphatic carbocycles. The van der Waals surface area contributed by atoms with Gasteiger partial charge in [-0.3, -0.25) is 4.79 Å². The maximum absolute atomic E-state index is 12.0. The molecule has 0 unspecified atom stereocenters. The van der Waals surface area contributed by atoms with Gasteiger partial charge in [-0.2, -0.15) is 0 Å². The molecule has 2 N–H and O–H groups in total. The molecule has 0 bridgehead atoms. The first-order chi connectivity index (χ1) is 9.58. The van der Waals surface area contributed by atoms with Gasteiger partial charge >= 0.3 is 0 Å². The SMILES string of the molecule is N[C@H]1C(=O)N(c2ccc(Cl)cc2)[C@@H]1c1ccc(Cl)cc1. The third kappa shape index (κ3) is 2.18. The third-order valence-corrected chi connectivity index (χ3v) is 3.96. The highest BCUT2D eigenvalue weighted by Crippen LogP contribution is 2.38. The Morgan fingerprint density at radius 2 is 1.40 bits per heavy atom. The van der Waals surface area contributed by atoms with Gasteiger partial charge in [0.05, 0.1) is 6.04 Å². The number of carbonyl (C=O) groups is 1. The Labute approximate surface area is 126 Å². The van der Waals surface area contributed by atoms with Crippen LogP contribution < -0.4 is 10.6 Å². The van der Waals surface area contributed by atoms with Crippen molar-refractivity contribution in [2.75, 3.05) is 4.90 Å². The van der Waals surface area contributed by atoms with E-state index in [1.54, 1.807) is 29.2 Å². The van der Waals surface area contributed by atoms with Gasteiger partial charge in [-0.15, -0.1) is 0 Å². The molecule has 0 radical (unpaired) electrons. The summed E-state index contributed by atoms with van der Waals surface area (Å²) in [6.07, 6.45) is 0. The monoisotopic (exact) mass is 306 g/mol. The van der Waals surface area contributed by atoms with E-state index < -0.39 is 6.04 Å². The minimum atomic E-state index is -0.521. The van der Waals surface area contributed by atoms with E-state index in [0.29, 0.717) is 10.0 Å². The number of nitrogens with zero attached hydrogens (tertiary/aromatic N) is 1. The van der Waals surface area contributed by atoms with Gasteiger partial charge in [-0.1, -0.05) is 35.3 Å². The number of β-lactam (4-membered cyclic amide) rings is 1. The number of hydrogen-bond acceptors (Lipinski definition) is 2. The van der Waals surface area contributed by atoms with Crippen LogP contribution in [0.5, 0.6) is 0 Å². The van der Waals surface area contributed by atoms with Gasteiger partial charge in [0.25, 0.3) is 0 Å². The fourth-order valence-electron chi connectivity index (χ4n) is 2.42. The first-order valence-electron chi connectivity index (χ1n) is 6.17. The van der Waals surface area contributed by atoms with Crippen molar-refractivity contribution in [3.63, 3.8) is 0 Å². The van der Waals surface area contributed by atoms with Crippen LogP contribution in [0.2, 0.25) is 10.0 Å². The molecule has 2 atom stereocenters. The van der Waals surface area contributed by atoms with Crippen LogP contribution in [-0.2, 0) is 4.79 Å².